The van der Waals surface area contributed by atoms with Crippen molar-refractivity contribution in [2.75, 3.05) is 23.3 Å². The number of hydrogen-bond donors (Lipinski definition) is 3. The molecule has 0 aliphatic carbocycles. The van der Waals surface area contributed by atoms with E-state index in [1.54, 1.807) is 36.9 Å². The Balaban J connectivity index is 1.68. The number of carboxylic acid groups (broad SMARTS) is 1. The van der Waals surface area contributed by atoms with Crippen LogP contribution in [0.2, 0.25) is 5.02 Å². The molecule has 4 rings (SSSR count). The first-order valence-corrected chi connectivity index (χ1v) is 13.3. The maximum atomic E-state index is 14.4. The van der Waals surface area contributed by atoms with E-state index in [0.29, 0.717) is 23.1 Å². The van der Waals surface area contributed by atoms with Crippen molar-refractivity contribution < 1.29 is 23.8 Å². The third kappa shape index (κ3) is 6.28. The maximum Gasteiger partial charge on any atom is 0.329 e. The molecular formula is C27H33ClF2N6O4. The van der Waals surface area contributed by atoms with Gasteiger partial charge in [0.05, 0.1) is 22.8 Å². The van der Waals surface area contributed by atoms with Crippen LogP contribution in [0.4, 0.5) is 26.2 Å². The van der Waals surface area contributed by atoms with Crippen molar-refractivity contribution in [3.05, 3.63) is 52.1 Å². The average molecular weight is 579 g/mol. The molecular weight excluding hydrogens is 546 g/mol. The van der Waals surface area contributed by atoms with Gasteiger partial charge >= 0.3 is 11.7 Å². The number of fused-ring (bicyclic) bond motifs is 1. The summed E-state index contributed by atoms with van der Waals surface area (Å²) in [7, 11) is 0. The molecule has 3 heterocycles. The molecule has 3 aromatic rings. The van der Waals surface area contributed by atoms with Gasteiger partial charge in [0.2, 0.25) is 5.95 Å². The zero-order valence-corrected chi connectivity index (χ0v) is 23.5. The summed E-state index contributed by atoms with van der Waals surface area (Å²) in [6.45, 7) is 6.80. The highest BCUT2D eigenvalue weighted by atomic mass is 35.5. The number of halogens is 3. The maximum absolute atomic E-state index is 14.4. The molecule has 0 saturated carbocycles. The van der Waals surface area contributed by atoms with Crippen molar-refractivity contribution in [2.24, 2.45) is 11.8 Å². The zero-order chi connectivity index (χ0) is 29.4. The molecule has 13 heteroatoms. The van der Waals surface area contributed by atoms with Gasteiger partial charge in [0.15, 0.2) is 5.82 Å². The normalized spacial score (nSPS) is 19.4. The summed E-state index contributed by atoms with van der Waals surface area (Å²) < 4.78 is 31.7. The molecule has 1 aromatic carbocycles. The van der Waals surface area contributed by atoms with E-state index in [2.05, 4.69) is 15.3 Å². The number of nitrogens with zero attached hydrogens (tertiary/aromatic N) is 5. The number of alkyl halides is 2. The number of allylic oxidation sites excluding steroid dienone is 1. The van der Waals surface area contributed by atoms with Crippen LogP contribution < -0.4 is 15.9 Å². The second-order valence-corrected chi connectivity index (χ2v) is 11.3. The standard InChI is InChI=1S/C27H33ClF2N6O4/c1-16-14-34(15-17(2)27(16,29)30)24-31-13-19(28)23(33-24)32-18-7-8-20-21(12-18)36(11-9-26(3,4)40)25(39)35(20)10-5-6-22(37)38/h5-8,12-13,16-17,40H,9-11,14-15H2,1-4H3,(H,37,38)(H,31,32,33)/t16-,17+. The molecule has 216 valence electrons. The number of aryl methyl sites for hydroxylation is 1. The van der Waals surface area contributed by atoms with Crippen molar-refractivity contribution in [2.45, 2.75) is 58.7 Å². The smallest absolute Gasteiger partial charge is 0.329 e. The Labute approximate surface area is 234 Å². The summed E-state index contributed by atoms with van der Waals surface area (Å²) in [6.07, 6.45) is 4.08. The van der Waals surface area contributed by atoms with Crippen LogP contribution in [0.15, 0.2) is 41.3 Å². The third-order valence-electron chi connectivity index (χ3n) is 7.09. The summed E-state index contributed by atoms with van der Waals surface area (Å²) in [6, 6.07) is 5.19. The molecule has 0 radical (unpaired) electrons. The summed E-state index contributed by atoms with van der Waals surface area (Å²) >= 11 is 6.38. The molecule has 1 aliphatic heterocycles. The molecule has 10 nitrogen and oxygen atoms in total. The van der Waals surface area contributed by atoms with E-state index in [4.69, 9.17) is 16.7 Å². The van der Waals surface area contributed by atoms with Crippen LogP contribution in [0.1, 0.15) is 34.1 Å². The van der Waals surface area contributed by atoms with Gasteiger partial charge in [0.25, 0.3) is 5.92 Å². The number of benzene rings is 1. The Hall–Kier alpha value is -3.51. The number of nitrogens with one attached hydrogen (secondary N) is 1. The van der Waals surface area contributed by atoms with Crippen LogP contribution in [0.25, 0.3) is 11.0 Å². The van der Waals surface area contributed by atoms with Crippen molar-refractivity contribution >= 4 is 46.1 Å². The Morgan fingerprint density at radius 3 is 2.52 bits per heavy atom. The van der Waals surface area contributed by atoms with Gasteiger partial charge < -0.3 is 20.4 Å². The minimum Gasteiger partial charge on any atom is -0.478 e. The molecule has 0 spiro atoms. The topological polar surface area (TPSA) is 126 Å². The van der Waals surface area contributed by atoms with Crippen molar-refractivity contribution in [3.8, 4) is 0 Å². The van der Waals surface area contributed by atoms with E-state index in [1.807, 2.05) is 0 Å². The first-order chi connectivity index (χ1) is 18.7. The summed E-state index contributed by atoms with van der Waals surface area (Å²) in [5.41, 5.74) is 0.341. The molecule has 0 unspecified atom stereocenters. The Morgan fingerprint density at radius 1 is 1.23 bits per heavy atom. The van der Waals surface area contributed by atoms with Crippen molar-refractivity contribution in [1.82, 2.24) is 19.1 Å². The minimum absolute atomic E-state index is 0.0523. The first kappa shape index (κ1) is 29.5. The van der Waals surface area contributed by atoms with E-state index in [0.717, 1.165) is 6.08 Å². The molecule has 40 heavy (non-hydrogen) atoms. The number of carboxylic acids is 1. The van der Waals surface area contributed by atoms with Gasteiger partial charge in [-0.25, -0.2) is 23.4 Å². The fourth-order valence-electron chi connectivity index (χ4n) is 4.80. The van der Waals surface area contributed by atoms with Crippen LogP contribution in [0, 0.1) is 11.8 Å². The van der Waals surface area contributed by atoms with E-state index in [-0.39, 0.29) is 48.7 Å². The van der Waals surface area contributed by atoms with Crippen LogP contribution in [0.5, 0.6) is 0 Å². The fourth-order valence-corrected chi connectivity index (χ4v) is 4.94. The molecule has 3 N–H and O–H groups in total. The van der Waals surface area contributed by atoms with E-state index in [9.17, 15) is 23.5 Å². The van der Waals surface area contributed by atoms with Gasteiger partial charge in [-0.15, -0.1) is 0 Å². The lowest BCUT2D eigenvalue weighted by Gasteiger charge is -2.41. The first-order valence-electron chi connectivity index (χ1n) is 12.9. The van der Waals surface area contributed by atoms with Crippen molar-refractivity contribution in [3.63, 3.8) is 0 Å². The van der Waals surface area contributed by atoms with Crippen molar-refractivity contribution in [1.29, 1.82) is 0 Å². The van der Waals surface area contributed by atoms with Crippen LogP contribution in [-0.4, -0.2) is 59.9 Å². The number of anilines is 3. The molecule has 2 aromatic heterocycles. The van der Waals surface area contributed by atoms with Gasteiger partial charge in [-0.1, -0.05) is 31.5 Å². The van der Waals surface area contributed by atoms with E-state index in [1.165, 1.54) is 35.3 Å². The third-order valence-corrected chi connectivity index (χ3v) is 7.37. The number of imidazole rings is 1. The molecule has 1 saturated heterocycles. The largest absolute Gasteiger partial charge is 0.478 e. The number of hydrogen-bond acceptors (Lipinski definition) is 7. The number of aliphatic hydroxyl groups is 1. The quantitative estimate of drug-likeness (QED) is 0.317. The van der Waals surface area contributed by atoms with Gasteiger partial charge in [-0.3, -0.25) is 9.13 Å². The monoisotopic (exact) mass is 578 g/mol. The number of aromatic nitrogens is 4. The second-order valence-electron chi connectivity index (χ2n) is 10.9. The Morgan fingerprint density at radius 2 is 1.90 bits per heavy atom. The lowest BCUT2D eigenvalue weighted by Crippen LogP contribution is -2.52. The van der Waals surface area contributed by atoms with Gasteiger partial charge in [0, 0.05) is 49.8 Å². The van der Waals surface area contributed by atoms with Crippen LogP contribution >= 0.6 is 11.6 Å². The van der Waals surface area contributed by atoms with E-state index >= 15 is 0 Å². The van der Waals surface area contributed by atoms with Gasteiger partial charge in [-0.05, 0) is 38.5 Å². The number of piperidine rings is 1. The summed E-state index contributed by atoms with van der Waals surface area (Å²) in [4.78, 5) is 34.7. The van der Waals surface area contributed by atoms with Gasteiger partial charge in [0.1, 0.15) is 5.02 Å². The zero-order valence-electron chi connectivity index (χ0n) is 22.7. The molecule has 1 aliphatic rings. The number of carbonyl (C=O) groups is 1. The fraction of sp³-hybridized carbons (Fsp3) is 0.481. The lowest BCUT2D eigenvalue weighted by molar-refractivity contribution is -0.131. The SMILES string of the molecule is C[C@@H]1CN(c2ncc(Cl)c(Nc3ccc4c(c3)n(CCC(C)(C)O)c(=O)n4CC=CC(=O)O)n2)C[C@H](C)C1(F)F. The highest BCUT2D eigenvalue weighted by Gasteiger charge is 2.47. The number of rotatable bonds is 9. The highest BCUT2D eigenvalue weighted by molar-refractivity contribution is 6.32. The number of aliphatic carboxylic acids is 1. The Bertz CT molecular complexity index is 1480. The predicted octanol–water partition coefficient (Wildman–Crippen LogP) is 4.52. The average Bonchev–Trinajstić information content (AvgIpc) is 3.12. The summed E-state index contributed by atoms with van der Waals surface area (Å²) in [5.74, 6) is -5.08. The highest BCUT2D eigenvalue weighted by Crippen LogP contribution is 2.39. The van der Waals surface area contributed by atoms with Crippen LogP contribution in [-0.2, 0) is 17.9 Å². The molecule has 2 atom stereocenters. The minimum atomic E-state index is -2.78. The Kier molecular flexibility index (Phi) is 8.23. The molecule has 0 amide bonds. The molecule has 1 fully saturated rings. The van der Waals surface area contributed by atoms with Gasteiger partial charge in [-0.2, -0.15) is 4.98 Å². The second kappa shape index (κ2) is 11.2. The van der Waals surface area contributed by atoms with Crippen LogP contribution in [0.3, 0.4) is 0 Å². The lowest BCUT2D eigenvalue weighted by atomic mass is 9.87. The predicted molar refractivity (Wildman–Crippen MR) is 150 cm³/mol. The molecule has 0 bridgehead atoms. The summed E-state index contributed by atoms with van der Waals surface area (Å²) in [5, 5.41) is 22.5. The van der Waals surface area contributed by atoms with E-state index < -0.39 is 29.3 Å².